The van der Waals surface area contributed by atoms with Crippen molar-refractivity contribution in [1.29, 1.82) is 0 Å². The molecule has 3 heterocycles. The molecule has 0 radical (unpaired) electrons. The third kappa shape index (κ3) is 1.43. The van der Waals surface area contributed by atoms with Crippen LogP contribution in [0.2, 0.25) is 5.28 Å². The summed E-state index contributed by atoms with van der Waals surface area (Å²) in [5.41, 5.74) is 0.834. The molecule has 84 valence electrons. The summed E-state index contributed by atoms with van der Waals surface area (Å²) in [4.78, 5) is 19.5. The zero-order valence-electron chi connectivity index (χ0n) is 8.40. The fourth-order valence-corrected chi connectivity index (χ4v) is 2.30. The normalized spacial score (nSPS) is 28.4. The molecule has 6 heteroatoms. The van der Waals surface area contributed by atoms with Crippen LogP contribution in [0.15, 0.2) is 6.20 Å². The molecule has 5 nitrogen and oxygen atoms in total. The number of hydrogen-bond donors (Lipinski definition) is 0. The van der Waals surface area contributed by atoms with Gasteiger partial charge in [-0.1, -0.05) is 0 Å². The van der Waals surface area contributed by atoms with Crippen molar-refractivity contribution in [1.82, 2.24) is 9.97 Å². The van der Waals surface area contributed by atoms with Gasteiger partial charge in [0, 0.05) is 18.2 Å². The van der Waals surface area contributed by atoms with Crippen molar-refractivity contribution < 1.29 is 14.3 Å². The molecule has 0 aliphatic carbocycles. The Kier molecular flexibility index (Phi) is 2.20. The Hall–Kier alpha value is -1.04. The van der Waals surface area contributed by atoms with Crippen molar-refractivity contribution in [3.63, 3.8) is 0 Å². The molecule has 0 amide bonds. The minimum Gasteiger partial charge on any atom is -0.370 e. The van der Waals surface area contributed by atoms with E-state index in [-0.39, 0.29) is 17.7 Å². The van der Waals surface area contributed by atoms with Gasteiger partial charge in [-0.15, -0.1) is 0 Å². The van der Waals surface area contributed by atoms with Crippen LogP contribution >= 0.6 is 11.6 Å². The maximum Gasteiger partial charge on any atom is 0.222 e. The van der Waals surface area contributed by atoms with Crippen molar-refractivity contribution in [3.05, 3.63) is 22.7 Å². The maximum atomic E-state index is 11.4. The molecule has 16 heavy (non-hydrogen) atoms. The summed E-state index contributed by atoms with van der Waals surface area (Å²) in [7, 11) is 0. The SMILES string of the molecule is O=C1COCC2(C1)OCc1cnc(Cl)nc12. The lowest BCUT2D eigenvalue weighted by Gasteiger charge is -2.31. The Morgan fingerprint density at radius 1 is 1.44 bits per heavy atom. The zero-order chi connectivity index (χ0) is 11.2. The molecule has 3 rings (SSSR count). The van der Waals surface area contributed by atoms with Crippen LogP contribution in [-0.2, 0) is 26.5 Å². The molecule has 2 aliphatic rings. The highest BCUT2D eigenvalue weighted by Gasteiger charge is 2.46. The van der Waals surface area contributed by atoms with Crippen LogP contribution in [0.25, 0.3) is 0 Å². The summed E-state index contributed by atoms with van der Waals surface area (Å²) in [6.07, 6.45) is 1.94. The number of rotatable bonds is 0. The van der Waals surface area contributed by atoms with E-state index in [0.717, 1.165) is 5.56 Å². The van der Waals surface area contributed by atoms with Crippen LogP contribution in [0.3, 0.4) is 0 Å². The predicted molar refractivity (Wildman–Crippen MR) is 54.0 cm³/mol. The smallest absolute Gasteiger partial charge is 0.222 e. The third-order valence-corrected chi connectivity index (χ3v) is 3.03. The van der Waals surface area contributed by atoms with Crippen LogP contribution in [-0.4, -0.2) is 29.0 Å². The minimum absolute atomic E-state index is 0.0221. The molecule has 1 spiro atoms. The summed E-state index contributed by atoms with van der Waals surface area (Å²) < 4.78 is 10.9. The van der Waals surface area contributed by atoms with Crippen molar-refractivity contribution in [2.45, 2.75) is 18.6 Å². The van der Waals surface area contributed by atoms with Crippen molar-refractivity contribution in [2.24, 2.45) is 0 Å². The largest absolute Gasteiger partial charge is 0.370 e. The van der Waals surface area contributed by atoms with Crippen LogP contribution in [0.5, 0.6) is 0 Å². The van der Waals surface area contributed by atoms with Crippen LogP contribution < -0.4 is 0 Å². The van der Waals surface area contributed by atoms with Crippen LogP contribution in [0.1, 0.15) is 17.7 Å². The average molecular weight is 241 g/mol. The molecular formula is C10H9ClN2O3. The first-order valence-electron chi connectivity index (χ1n) is 4.95. The number of aromatic nitrogens is 2. The average Bonchev–Trinajstić information content (AvgIpc) is 2.58. The van der Waals surface area contributed by atoms with Gasteiger partial charge in [0.25, 0.3) is 0 Å². The summed E-state index contributed by atoms with van der Waals surface area (Å²) in [5, 5.41) is 0.168. The minimum atomic E-state index is -0.739. The van der Waals surface area contributed by atoms with Crippen molar-refractivity contribution in [3.8, 4) is 0 Å². The van der Waals surface area contributed by atoms with Crippen LogP contribution in [0.4, 0.5) is 0 Å². The number of halogens is 1. The Labute approximate surface area is 96.7 Å². The second kappa shape index (κ2) is 3.48. The van der Waals surface area contributed by atoms with Gasteiger partial charge in [0.05, 0.1) is 18.9 Å². The van der Waals surface area contributed by atoms with E-state index in [2.05, 4.69) is 9.97 Å². The molecule has 1 aromatic rings. The maximum absolute atomic E-state index is 11.4. The Morgan fingerprint density at radius 3 is 3.12 bits per heavy atom. The first-order chi connectivity index (χ1) is 7.70. The molecule has 0 bridgehead atoms. The number of ether oxygens (including phenoxy) is 2. The first-order valence-corrected chi connectivity index (χ1v) is 5.33. The molecule has 0 N–H and O–H groups in total. The lowest BCUT2D eigenvalue weighted by Crippen LogP contribution is -2.40. The summed E-state index contributed by atoms with van der Waals surface area (Å²) in [6, 6.07) is 0. The van der Waals surface area contributed by atoms with Crippen molar-refractivity contribution in [2.75, 3.05) is 13.2 Å². The number of hydrogen-bond acceptors (Lipinski definition) is 5. The molecule has 0 aromatic carbocycles. The standard InChI is InChI=1S/C10H9ClN2O3/c11-9-12-2-6-3-16-10(8(6)13-9)1-7(14)4-15-5-10/h2H,1,3-5H2. The van der Waals surface area contributed by atoms with Gasteiger partial charge in [-0.3, -0.25) is 4.79 Å². The zero-order valence-corrected chi connectivity index (χ0v) is 9.16. The van der Waals surface area contributed by atoms with E-state index in [4.69, 9.17) is 21.1 Å². The molecule has 2 aliphatic heterocycles. The van der Waals surface area contributed by atoms with Crippen molar-refractivity contribution >= 4 is 17.4 Å². The van der Waals surface area contributed by atoms with E-state index in [9.17, 15) is 4.79 Å². The van der Waals surface area contributed by atoms with Gasteiger partial charge in [-0.25, -0.2) is 9.97 Å². The second-order valence-corrected chi connectivity index (χ2v) is 4.34. The highest BCUT2D eigenvalue weighted by atomic mass is 35.5. The van der Waals surface area contributed by atoms with E-state index < -0.39 is 5.60 Å². The quantitative estimate of drug-likeness (QED) is 0.629. The number of carbonyl (C=O) groups excluding carboxylic acids is 1. The molecule has 1 unspecified atom stereocenters. The summed E-state index contributed by atoms with van der Waals surface area (Å²) in [5.74, 6) is 0.0221. The van der Waals surface area contributed by atoms with E-state index in [1.165, 1.54) is 0 Å². The van der Waals surface area contributed by atoms with Gasteiger partial charge < -0.3 is 9.47 Å². The predicted octanol–water partition coefficient (Wildman–Crippen LogP) is 0.845. The Morgan fingerprint density at radius 2 is 2.31 bits per heavy atom. The third-order valence-electron chi connectivity index (χ3n) is 2.85. The molecule has 1 aromatic heterocycles. The highest BCUT2D eigenvalue weighted by molar-refractivity contribution is 6.28. The van der Waals surface area contributed by atoms with Gasteiger partial charge in [0.2, 0.25) is 5.28 Å². The van der Waals surface area contributed by atoms with Gasteiger partial charge in [-0.05, 0) is 11.6 Å². The van der Waals surface area contributed by atoms with E-state index >= 15 is 0 Å². The Bertz CT molecular complexity index is 461. The van der Waals surface area contributed by atoms with Gasteiger partial charge >= 0.3 is 0 Å². The fraction of sp³-hybridized carbons (Fsp3) is 0.500. The van der Waals surface area contributed by atoms with E-state index in [1.807, 2.05) is 0 Å². The highest BCUT2D eigenvalue weighted by Crippen LogP contribution is 2.40. The monoisotopic (exact) mass is 240 g/mol. The van der Waals surface area contributed by atoms with Gasteiger partial charge in [0.1, 0.15) is 12.2 Å². The molecule has 1 saturated heterocycles. The molecule has 1 atom stereocenters. The molecular weight excluding hydrogens is 232 g/mol. The lowest BCUT2D eigenvalue weighted by molar-refractivity contribution is -0.156. The lowest BCUT2D eigenvalue weighted by atomic mass is 9.91. The Balaban J connectivity index is 2.06. The van der Waals surface area contributed by atoms with E-state index in [0.29, 0.717) is 25.3 Å². The summed E-state index contributed by atoms with van der Waals surface area (Å²) >= 11 is 5.76. The second-order valence-electron chi connectivity index (χ2n) is 4.00. The topological polar surface area (TPSA) is 61.3 Å². The number of fused-ring (bicyclic) bond motifs is 2. The number of Topliss-reactive ketones (excluding diaryl/α,β-unsaturated/α-hetero) is 1. The summed E-state index contributed by atoms with van der Waals surface area (Å²) in [6.45, 7) is 0.904. The number of nitrogens with zero attached hydrogens (tertiary/aromatic N) is 2. The molecule has 0 saturated carbocycles. The fourth-order valence-electron chi connectivity index (χ4n) is 2.16. The number of carbonyl (C=O) groups is 1. The van der Waals surface area contributed by atoms with Crippen LogP contribution in [0, 0.1) is 0 Å². The van der Waals surface area contributed by atoms with Gasteiger partial charge in [0.15, 0.2) is 5.78 Å². The molecule has 1 fully saturated rings. The van der Waals surface area contributed by atoms with Gasteiger partial charge in [-0.2, -0.15) is 0 Å². The van der Waals surface area contributed by atoms with E-state index in [1.54, 1.807) is 6.20 Å². The number of ketones is 1. The first kappa shape index (κ1) is 10.1.